The minimum absolute atomic E-state index is 0.160. The van der Waals surface area contributed by atoms with E-state index in [0.717, 1.165) is 18.0 Å². The Balaban J connectivity index is 2.16. The number of carbonyl (C=O) groups is 1. The lowest BCUT2D eigenvalue weighted by Gasteiger charge is -2.53. The summed E-state index contributed by atoms with van der Waals surface area (Å²) in [5.74, 6) is 1.49. The van der Waals surface area contributed by atoms with E-state index in [1.807, 2.05) is 0 Å². The van der Waals surface area contributed by atoms with E-state index in [4.69, 9.17) is 0 Å². The average molecular weight is 271 g/mol. The number of carbonyl (C=O) groups excluding carboxylic acids is 1. The summed E-state index contributed by atoms with van der Waals surface area (Å²) >= 11 is 0. The number of para-hydroxylation sites is 1. The van der Waals surface area contributed by atoms with Gasteiger partial charge in [-0.3, -0.25) is 4.79 Å². The Labute approximate surface area is 122 Å². The van der Waals surface area contributed by atoms with Crippen LogP contribution in [0.25, 0.3) is 0 Å². The molecule has 1 heterocycles. The first-order chi connectivity index (χ1) is 9.43. The molecule has 0 saturated heterocycles. The first-order valence-corrected chi connectivity index (χ1v) is 7.82. The van der Waals surface area contributed by atoms with E-state index in [-0.39, 0.29) is 11.3 Å². The average Bonchev–Trinajstić information content (AvgIpc) is 2.38. The van der Waals surface area contributed by atoms with Crippen LogP contribution < -0.4 is 4.90 Å². The molecule has 0 N–H and O–H groups in total. The van der Waals surface area contributed by atoms with Gasteiger partial charge in [-0.2, -0.15) is 0 Å². The SMILES string of the molecule is CC(=O)N1c2ccccc2C(C)(C)[C@@H]2CC[C@@H](C)C[C@H]21. The molecule has 1 aliphatic carbocycles. The number of hydrogen-bond donors (Lipinski definition) is 0. The number of nitrogens with zero attached hydrogens (tertiary/aromatic N) is 1. The van der Waals surface area contributed by atoms with Crippen LogP contribution in [-0.2, 0) is 10.2 Å². The normalized spacial score (nSPS) is 31.4. The van der Waals surface area contributed by atoms with E-state index in [2.05, 4.69) is 49.9 Å². The fourth-order valence-electron chi connectivity index (χ4n) is 4.49. The van der Waals surface area contributed by atoms with Crippen LogP contribution in [0.1, 0.15) is 52.5 Å². The molecule has 2 heteroatoms. The monoisotopic (exact) mass is 271 g/mol. The second-order valence-corrected chi connectivity index (χ2v) is 7.22. The topological polar surface area (TPSA) is 20.3 Å². The van der Waals surface area contributed by atoms with Crippen molar-refractivity contribution in [2.24, 2.45) is 11.8 Å². The van der Waals surface area contributed by atoms with E-state index < -0.39 is 0 Å². The molecular formula is C18H25NO. The Morgan fingerprint density at radius 2 is 1.95 bits per heavy atom. The fourth-order valence-corrected chi connectivity index (χ4v) is 4.49. The highest BCUT2D eigenvalue weighted by atomic mass is 16.2. The predicted octanol–water partition coefficient (Wildman–Crippen LogP) is 4.14. The van der Waals surface area contributed by atoms with E-state index in [1.165, 1.54) is 18.4 Å². The molecule has 0 unspecified atom stereocenters. The molecule has 3 rings (SSSR count). The van der Waals surface area contributed by atoms with E-state index in [0.29, 0.717) is 12.0 Å². The molecule has 0 radical (unpaired) electrons. The maximum atomic E-state index is 12.3. The summed E-state index contributed by atoms with van der Waals surface area (Å²) in [6.07, 6.45) is 3.66. The molecule has 1 aromatic carbocycles. The molecule has 1 aromatic rings. The van der Waals surface area contributed by atoms with Crippen molar-refractivity contribution in [3.05, 3.63) is 29.8 Å². The molecule has 108 valence electrons. The van der Waals surface area contributed by atoms with Crippen molar-refractivity contribution < 1.29 is 4.79 Å². The van der Waals surface area contributed by atoms with Gasteiger partial charge in [-0.1, -0.05) is 45.4 Å². The van der Waals surface area contributed by atoms with Crippen molar-refractivity contribution in [2.45, 2.75) is 58.4 Å². The van der Waals surface area contributed by atoms with Crippen molar-refractivity contribution in [1.82, 2.24) is 0 Å². The first-order valence-electron chi connectivity index (χ1n) is 7.82. The van der Waals surface area contributed by atoms with Gasteiger partial charge < -0.3 is 4.90 Å². The molecule has 1 saturated carbocycles. The number of anilines is 1. The van der Waals surface area contributed by atoms with Crippen molar-refractivity contribution in [3.63, 3.8) is 0 Å². The van der Waals surface area contributed by atoms with Gasteiger partial charge in [0.2, 0.25) is 5.91 Å². The highest BCUT2D eigenvalue weighted by Crippen LogP contribution is 2.51. The molecule has 3 atom stereocenters. The van der Waals surface area contributed by atoms with Gasteiger partial charge >= 0.3 is 0 Å². The maximum absolute atomic E-state index is 12.3. The Bertz CT molecular complexity index is 534. The zero-order valence-electron chi connectivity index (χ0n) is 13.0. The number of fused-ring (bicyclic) bond motifs is 2. The third-order valence-electron chi connectivity index (χ3n) is 5.53. The highest BCUT2D eigenvalue weighted by Gasteiger charge is 2.48. The lowest BCUT2D eigenvalue weighted by Crippen LogP contribution is -2.56. The minimum Gasteiger partial charge on any atom is -0.309 e. The van der Waals surface area contributed by atoms with Gasteiger partial charge in [-0.15, -0.1) is 0 Å². The van der Waals surface area contributed by atoms with Gasteiger partial charge in [0.1, 0.15) is 0 Å². The number of rotatable bonds is 0. The lowest BCUT2D eigenvalue weighted by molar-refractivity contribution is -0.117. The molecule has 1 amide bonds. The second kappa shape index (κ2) is 4.61. The van der Waals surface area contributed by atoms with Gasteiger partial charge in [0.25, 0.3) is 0 Å². The number of amides is 1. The number of hydrogen-bond acceptors (Lipinski definition) is 1. The van der Waals surface area contributed by atoms with Crippen LogP contribution in [0.5, 0.6) is 0 Å². The summed E-state index contributed by atoms with van der Waals surface area (Å²) in [5, 5.41) is 0. The third-order valence-corrected chi connectivity index (χ3v) is 5.53. The molecule has 0 spiro atoms. The zero-order valence-corrected chi connectivity index (χ0v) is 13.0. The Kier molecular flexibility index (Phi) is 3.15. The summed E-state index contributed by atoms with van der Waals surface area (Å²) < 4.78 is 0. The van der Waals surface area contributed by atoms with Gasteiger partial charge in [0, 0.05) is 18.7 Å². The summed E-state index contributed by atoms with van der Waals surface area (Å²) in [5.41, 5.74) is 2.64. The van der Waals surface area contributed by atoms with Crippen LogP contribution in [0.15, 0.2) is 24.3 Å². The van der Waals surface area contributed by atoms with Crippen LogP contribution >= 0.6 is 0 Å². The predicted molar refractivity (Wildman–Crippen MR) is 82.9 cm³/mol. The van der Waals surface area contributed by atoms with E-state index >= 15 is 0 Å². The molecule has 20 heavy (non-hydrogen) atoms. The van der Waals surface area contributed by atoms with Crippen LogP contribution in [0.3, 0.4) is 0 Å². The molecule has 0 aromatic heterocycles. The first kappa shape index (κ1) is 13.7. The van der Waals surface area contributed by atoms with Crippen LogP contribution in [0, 0.1) is 11.8 Å². The largest absolute Gasteiger partial charge is 0.309 e. The Morgan fingerprint density at radius 3 is 2.65 bits per heavy atom. The highest BCUT2D eigenvalue weighted by molar-refractivity contribution is 5.94. The van der Waals surface area contributed by atoms with E-state index in [9.17, 15) is 4.79 Å². The van der Waals surface area contributed by atoms with Gasteiger partial charge in [-0.05, 0) is 41.7 Å². The molecule has 2 aliphatic rings. The van der Waals surface area contributed by atoms with E-state index in [1.54, 1.807) is 6.92 Å². The molecule has 2 nitrogen and oxygen atoms in total. The third kappa shape index (κ3) is 1.88. The van der Waals surface area contributed by atoms with Crippen molar-refractivity contribution in [3.8, 4) is 0 Å². The summed E-state index contributed by atoms with van der Waals surface area (Å²) in [6, 6.07) is 8.86. The van der Waals surface area contributed by atoms with Crippen molar-refractivity contribution in [2.75, 3.05) is 4.90 Å². The van der Waals surface area contributed by atoms with Crippen LogP contribution in [0.2, 0.25) is 0 Å². The fraction of sp³-hybridized carbons (Fsp3) is 0.611. The summed E-state index contributed by atoms with van der Waals surface area (Å²) in [6.45, 7) is 8.75. The van der Waals surface area contributed by atoms with Gasteiger partial charge in [0.05, 0.1) is 0 Å². The molecule has 1 fully saturated rings. The van der Waals surface area contributed by atoms with Gasteiger partial charge in [0.15, 0.2) is 0 Å². The van der Waals surface area contributed by atoms with Crippen LogP contribution in [0.4, 0.5) is 5.69 Å². The second-order valence-electron chi connectivity index (χ2n) is 7.22. The van der Waals surface area contributed by atoms with Crippen molar-refractivity contribution in [1.29, 1.82) is 0 Å². The zero-order chi connectivity index (χ0) is 14.5. The summed E-state index contributed by atoms with van der Waals surface area (Å²) in [4.78, 5) is 14.3. The molecule has 1 aliphatic heterocycles. The smallest absolute Gasteiger partial charge is 0.224 e. The molecular weight excluding hydrogens is 246 g/mol. The number of benzene rings is 1. The van der Waals surface area contributed by atoms with Gasteiger partial charge in [-0.25, -0.2) is 0 Å². The summed E-state index contributed by atoms with van der Waals surface area (Å²) in [7, 11) is 0. The Morgan fingerprint density at radius 1 is 1.25 bits per heavy atom. The lowest BCUT2D eigenvalue weighted by atomic mass is 9.60. The van der Waals surface area contributed by atoms with Crippen molar-refractivity contribution >= 4 is 11.6 Å². The maximum Gasteiger partial charge on any atom is 0.224 e. The van der Waals surface area contributed by atoms with Crippen LogP contribution in [-0.4, -0.2) is 11.9 Å². The Hall–Kier alpha value is -1.31. The molecule has 0 bridgehead atoms. The quantitative estimate of drug-likeness (QED) is 0.694. The minimum atomic E-state index is 0.160. The standard InChI is InChI=1S/C18H25NO/c1-12-9-10-15-17(11-12)19(13(2)20)16-8-6-5-7-14(16)18(15,3)4/h5-8,12,15,17H,9-11H2,1-4H3/t12-,15-,17-/m1/s1.